The molecule has 0 saturated heterocycles. The Bertz CT molecular complexity index is 491. The van der Waals surface area contributed by atoms with Gasteiger partial charge >= 0.3 is 0 Å². The molecule has 0 bridgehead atoms. The molecule has 0 aliphatic heterocycles. The van der Waals surface area contributed by atoms with Crippen LogP contribution in [-0.2, 0) is 5.54 Å². The minimum absolute atomic E-state index is 0. The summed E-state index contributed by atoms with van der Waals surface area (Å²) in [6.07, 6.45) is 5.47. The molecule has 3 rings (SSSR count). The Morgan fingerprint density at radius 3 is 2.72 bits per heavy atom. The fourth-order valence-electron chi connectivity index (χ4n) is 2.33. The van der Waals surface area contributed by atoms with E-state index in [1.165, 1.54) is 6.42 Å². The Morgan fingerprint density at radius 2 is 2.06 bits per heavy atom. The molecule has 2 aromatic heterocycles. The smallest absolute Gasteiger partial charge is 0.268 e. The van der Waals surface area contributed by atoms with Crippen LogP contribution >= 0.6 is 23.7 Å². The van der Waals surface area contributed by atoms with E-state index in [9.17, 15) is 0 Å². The average Bonchev–Trinajstić information content (AvgIpc) is 3.01. The highest BCUT2D eigenvalue weighted by Crippen LogP contribution is 2.34. The third-order valence-electron chi connectivity index (χ3n) is 3.35. The number of nitrogens with two attached hydrogens (primary N) is 1. The van der Waals surface area contributed by atoms with Crippen molar-refractivity contribution in [2.24, 2.45) is 5.73 Å². The molecule has 1 aliphatic carbocycles. The third kappa shape index (κ3) is 2.43. The van der Waals surface area contributed by atoms with Gasteiger partial charge < -0.3 is 10.3 Å². The zero-order chi connectivity index (χ0) is 11.7. The maximum Gasteiger partial charge on any atom is 0.268 e. The van der Waals surface area contributed by atoms with Gasteiger partial charge in [-0.25, -0.2) is 0 Å². The summed E-state index contributed by atoms with van der Waals surface area (Å²) in [6.45, 7) is 0. The molecule has 0 amide bonds. The van der Waals surface area contributed by atoms with E-state index in [-0.39, 0.29) is 17.9 Å². The monoisotopic (exact) mass is 285 g/mol. The topological polar surface area (TPSA) is 64.9 Å². The van der Waals surface area contributed by atoms with E-state index in [0.717, 1.165) is 30.6 Å². The van der Waals surface area contributed by atoms with E-state index in [4.69, 9.17) is 10.3 Å². The lowest BCUT2D eigenvalue weighted by atomic mass is 9.82. The fraction of sp³-hybridized carbons (Fsp3) is 0.500. The molecule has 0 unspecified atom stereocenters. The molecular weight excluding hydrogens is 270 g/mol. The van der Waals surface area contributed by atoms with Crippen LogP contribution in [0.5, 0.6) is 0 Å². The summed E-state index contributed by atoms with van der Waals surface area (Å²) in [5, 5.41) is 6.06. The van der Waals surface area contributed by atoms with Crippen LogP contribution < -0.4 is 5.73 Å². The van der Waals surface area contributed by atoms with Crippen molar-refractivity contribution in [3.63, 3.8) is 0 Å². The van der Waals surface area contributed by atoms with Gasteiger partial charge in [0.05, 0.1) is 10.4 Å². The average molecular weight is 286 g/mol. The maximum absolute atomic E-state index is 6.37. The second-order valence-electron chi connectivity index (χ2n) is 4.62. The molecular formula is C12H16ClN3OS. The third-order valence-corrected chi connectivity index (χ3v) is 4.21. The predicted octanol–water partition coefficient (Wildman–Crippen LogP) is 3.34. The van der Waals surface area contributed by atoms with Crippen LogP contribution in [0.1, 0.15) is 37.9 Å². The number of nitrogens with zero attached hydrogens (tertiary/aromatic N) is 2. The van der Waals surface area contributed by atoms with Crippen molar-refractivity contribution < 1.29 is 4.52 Å². The van der Waals surface area contributed by atoms with E-state index in [1.54, 1.807) is 11.3 Å². The summed E-state index contributed by atoms with van der Waals surface area (Å²) < 4.78 is 5.30. The van der Waals surface area contributed by atoms with E-state index < -0.39 is 0 Å². The molecule has 0 spiro atoms. The first-order chi connectivity index (χ1) is 8.28. The van der Waals surface area contributed by atoms with Crippen LogP contribution in [0.3, 0.4) is 0 Å². The maximum atomic E-state index is 6.37. The van der Waals surface area contributed by atoms with Crippen LogP contribution in [0.4, 0.5) is 0 Å². The minimum atomic E-state index is -0.378. The highest BCUT2D eigenvalue weighted by molar-refractivity contribution is 7.13. The van der Waals surface area contributed by atoms with Gasteiger partial charge in [-0.05, 0) is 24.3 Å². The van der Waals surface area contributed by atoms with Gasteiger partial charge in [0, 0.05) is 0 Å². The standard InChI is InChI=1S/C12H15N3OS.ClH/c13-12(6-2-1-3-7-12)11-14-10(16-15-11)9-5-4-8-17-9;/h4-5,8H,1-3,6-7,13H2;1H. The van der Waals surface area contributed by atoms with E-state index >= 15 is 0 Å². The Labute approximate surface area is 116 Å². The number of hydrogen-bond donors (Lipinski definition) is 1. The van der Waals surface area contributed by atoms with Gasteiger partial charge in [-0.1, -0.05) is 30.5 Å². The second kappa shape index (κ2) is 5.38. The van der Waals surface area contributed by atoms with Crippen LogP contribution in [0, 0.1) is 0 Å². The first-order valence-corrected chi connectivity index (χ1v) is 6.83. The molecule has 2 N–H and O–H groups in total. The lowest BCUT2D eigenvalue weighted by Gasteiger charge is -2.29. The molecule has 0 aromatic carbocycles. The summed E-state index contributed by atoms with van der Waals surface area (Å²) in [5.41, 5.74) is 5.99. The minimum Gasteiger partial charge on any atom is -0.333 e. The molecule has 0 atom stereocenters. The highest BCUT2D eigenvalue weighted by atomic mass is 35.5. The first-order valence-electron chi connectivity index (χ1n) is 5.95. The quantitative estimate of drug-likeness (QED) is 0.919. The Balaban J connectivity index is 0.00000120. The van der Waals surface area contributed by atoms with Crippen LogP contribution in [-0.4, -0.2) is 10.1 Å². The molecule has 6 heteroatoms. The first kappa shape index (κ1) is 13.5. The molecule has 1 aliphatic rings. The van der Waals surface area contributed by atoms with Crippen molar-refractivity contribution in [1.82, 2.24) is 10.1 Å². The van der Waals surface area contributed by atoms with Gasteiger partial charge in [0.1, 0.15) is 0 Å². The van der Waals surface area contributed by atoms with Gasteiger partial charge in [0.15, 0.2) is 5.82 Å². The van der Waals surface area contributed by atoms with Crippen molar-refractivity contribution in [2.75, 3.05) is 0 Å². The predicted molar refractivity (Wildman–Crippen MR) is 73.8 cm³/mol. The number of rotatable bonds is 2. The largest absolute Gasteiger partial charge is 0.333 e. The second-order valence-corrected chi connectivity index (χ2v) is 5.56. The number of thiophene rings is 1. The van der Waals surface area contributed by atoms with Gasteiger partial charge in [0.25, 0.3) is 5.89 Å². The SMILES string of the molecule is Cl.NC1(c2noc(-c3cccs3)n2)CCCCC1. The summed E-state index contributed by atoms with van der Waals surface area (Å²) >= 11 is 1.60. The van der Waals surface area contributed by atoms with Gasteiger partial charge in [0.2, 0.25) is 0 Å². The van der Waals surface area contributed by atoms with E-state index in [1.807, 2.05) is 17.5 Å². The van der Waals surface area contributed by atoms with Crippen molar-refractivity contribution in [3.05, 3.63) is 23.3 Å². The van der Waals surface area contributed by atoms with Crippen LogP contribution in [0.2, 0.25) is 0 Å². The van der Waals surface area contributed by atoms with E-state index in [0.29, 0.717) is 11.7 Å². The summed E-state index contributed by atoms with van der Waals surface area (Å²) in [6, 6.07) is 3.95. The van der Waals surface area contributed by atoms with Crippen LogP contribution in [0.25, 0.3) is 10.8 Å². The normalized spacial score (nSPS) is 18.3. The highest BCUT2D eigenvalue weighted by Gasteiger charge is 2.34. The number of halogens is 1. The fourth-order valence-corrected chi connectivity index (χ4v) is 2.98. The van der Waals surface area contributed by atoms with Gasteiger partial charge in [-0.15, -0.1) is 23.7 Å². The molecule has 2 aromatic rings. The van der Waals surface area contributed by atoms with E-state index in [2.05, 4.69) is 10.1 Å². The lowest BCUT2D eigenvalue weighted by Crippen LogP contribution is -2.39. The van der Waals surface area contributed by atoms with Crippen molar-refractivity contribution in [3.8, 4) is 10.8 Å². The molecule has 1 saturated carbocycles. The van der Waals surface area contributed by atoms with Crippen molar-refractivity contribution >= 4 is 23.7 Å². The Morgan fingerprint density at radius 1 is 1.28 bits per heavy atom. The van der Waals surface area contributed by atoms with Crippen molar-refractivity contribution in [1.29, 1.82) is 0 Å². The molecule has 98 valence electrons. The zero-order valence-electron chi connectivity index (χ0n) is 9.96. The zero-order valence-corrected chi connectivity index (χ0v) is 11.6. The van der Waals surface area contributed by atoms with Crippen LogP contribution in [0.15, 0.2) is 22.0 Å². The Hall–Kier alpha value is -0.910. The summed E-state index contributed by atoms with van der Waals surface area (Å²) in [5.74, 6) is 1.26. The number of aromatic nitrogens is 2. The number of hydrogen-bond acceptors (Lipinski definition) is 5. The lowest BCUT2D eigenvalue weighted by molar-refractivity contribution is 0.275. The summed E-state index contributed by atoms with van der Waals surface area (Å²) in [7, 11) is 0. The Kier molecular flexibility index (Phi) is 4.04. The molecule has 1 fully saturated rings. The summed E-state index contributed by atoms with van der Waals surface area (Å²) in [4.78, 5) is 5.46. The molecule has 0 radical (unpaired) electrons. The molecule has 4 nitrogen and oxygen atoms in total. The van der Waals surface area contributed by atoms with Crippen molar-refractivity contribution in [2.45, 2.75) is 37.6 Å². The van der Waals surface area contributed by atoms with Gasteiger partial charge in [-0.3, -0.25) is 0 Å². The van der Waals surface area contributed by atoms with Gasteiger partial charge in [-0.2, -0.15) is 4.98 Å². The molecule has 2 heterocycles. The molecule has 18 heavy (non-hydrogen) atoms.